The quantitative estimate of drug-likeness (QED) is 0.466. The van der Waals surface area contributed by atoms with E-state index in [1.807, 2.05) is 24.3 Å². The van der Waals surface area contributed by atoms with E-state index in [2.05, 4.69) is 43.3 Å². The average Bonchev–Trinajstić information content (AvgIpc) is 2.55. The van der Waals surface area contributed by atoms with Gasteiger partial charge in [0.2, 0.25) is 0 Å². The second kappa shape index (κ2) is 10.9. The molecule has 1 aliphatic rings. The van der Waals surface area contributed by atoms with Crippen molar-refractivity contribution in [1.29, 1.82) is 0 Å². The van der Waals surface area contributed by atoms with Crippen molar-refractivity contribution in [2.24, 2.45) is 0 Å². The number of methoxy groups -OCH3 is 2. The predicted molar refractivity (Wildman–Crippen MR) is 105 cm³/mol. The zero-order valence-corrected chi connectivity index (χ0v) is 16.4. The molecular formula is C15H24O2P2S2. The molecule has 1 aromatic rings. The number of benzene rings is 1. The summed E-state index contributed by atoms with van der Waals surface area (Å²) in [4.78, 5) is 0. The molecule has 6 heteroatoms. The van der Waals surface area contributed by atoms with E-state index in [1.54, 1.807) is 14.2 Å². The van der Waals surface area contributed by atoms with Crippen LogP contribution in [-0.4, -0.2) is 32.6 Å². The summed E-state index contributed by atoms with van der Waals surface area (Å²) in [5.74, 6) is 0.898. The molecule has 1 aliphatic carbocycles. The minimum atomic E-state index is -0.0906. The molecule has 0 saturated carbocycles. The van der Waals surface area contributed by atoms with Crippen molar-refractivity contribution in [3.8, 4) is 5.75 Å². The molecule has 0 bridgehead atoms. The molecule has 2 nitrogen and oxygen atoms in total. The van der Waals surface area contributed by atoms with Crippen LogP contribution in [-0.2, 0) is 4.74 Å². The van der Waals surface area contributed by atoms with Crippen molar-refractivity contribution in [3.63, 3.8) is 0 Å². The van der Waals surface area contributed by atoms with Gasteiger partial charge in [-0.3, -0.25) is 0 Å². The van der Waals surface area contributed by atoms with Crippen molar-refractivity contribution in [2.75, 3.05) is 20.9 Å². The Balaban J connectivity index is 0.000000211. The maximum atomic E-state index is 5.21. The van der Waals surface area contributed by atoms with Crippen LogP contribution in [0, 0.1) is 0 Å². The fraction of sp³-hybridized carbons (Fsp3) is 0.467. The van der Waals surface area contributed by atoms with E-state index in [0.29, 0.717) is 19.5 Å². The van der Waals surface area contributed by atoms with Crippen LogP contribution >= 0.6 is 39.4 Å². The number of hydrogen-bond donors (Lipinski definition) is 2. The fourth-order valence-electron chi connectivity index (χ4n) is 1.95. The zero-order valence-electron chi connectivity index (χ0n) is 12.7. The van der Waals surface area contributed by atoms with Gasteiger partial charge in [-0.25, -0.2) is 0 Å². The molecule has 0 amide bonds. The first-order chi connectivity index (χ1) is 10.1. The Hall–Kier alpha value is 0.280. The predicted octanol–water partition coefficient (Wildman–Crippen LogP) is 4.52. The first-order valence-corrected chi connectivity index (χ1v) is 12.1. The summed E-state index contributed by atoms with van der Waals surface area (Å²) in [7, 11) is 3.91. The number of ether oxygens (including phenoxy) is 2. The number of hydrogen-bond acceptors (Lipinski definition) is 4. The van der Waals surface area contributed by atoms with Crippen molar-refractivity contribution in [2.45, 2.75) is 24.6 Å². The highest BCUT2D eigenvalue weighted by molar-refractivity contribution is 8.45. The smallest absolute Gasteiger partial charge is 0.118 e. The van der Waals surface area contributed by atoms with Crippen LogP contribution in [0.1, 0.15) is 12.8 Å². The monoisotopic (exact) mass is 362 g/mol. The standard InChI is InChI=1S/C8H15OPS.C7H9OPS/c1-9-7-3-5-8(6-4-7)10(2)11;1-8-6-2-4-7(9-10)5-3-6/h3,5,7-8,11H,4,6H2,1-2H3;2-5,9-10H,1H3/t7?,8?,10-;/m0./s1. The molecule has 0 N–H and O–H groups in total. The lowest BCUT2D eigenvalue weighted by atomic mass is 10.1. The van der Waals surface area contributed by atoms with E-state index in [9.17, 15) is 0 Å². The molecule has 0 spiro atoms. The van der Waals surface area contributed by atoms with Gasteiger partial charge >= 0.3 is 0 Å². The van der Waals surface area contributed by atoms with E-state index < -0.39 is 0 Å². The van der Waals surface area contributed by atoms with Gasteiger partial charge in [-0.05, 0) is 51.8 Å². The summed E-state index contributed by atoms with van der Waals surface area (Å²) in [6, 6.07) is 7.92. The first kappa shape index (κ1) is 19.3. The van der Waals surface area contributed by atoms with Crippen LogP contribution in [0.4, 0.5) is 0 Å². The Morgan fingerprint density at radius 1 is 1.14 bits per heavy atom. The zero-order chi connectivity index (χ0) is 15.7. The van der Waals surface area contributed by atoms with Gasteiger partial charge in [0.15, 0.2) is 0 Å². The fourth-order valence-corrected chi connectivity index (χ4v) is 4.16. The Labute approximate surface area is 141 Å². The van der Waals surface area contributed by atoms with Gasteiger partial charge in [-0.2, -0.15) is 12.2 Å². The van der Waals surface area contributed by atoms with Crippen molar-refractivity contribution in [1.82, 2.24) is 0 Å². The lowest BCUT2D eigenvalue weighted by molar-refractivity contribution is 0.128. The van der Waals surface area contributed by atoms with E-state index in [1.165, 1.54) is 11.7 Å². The Bertz CT molecular complexity index is 401. The average molecular weight is 362 g/mol. The highest BCUT2D eigenvalue weighted by Gasteiger charge is 2.17. The van der Waals surface area contributed by atoms with Gasteiger partial charge in [0.1, 0.15) is 5.75 Å². The SMILES string of the molecule is COC1C=CC([P@](C)S)CC1.COc1ccc(PS)cc1. The van der Waals surface area contributed by atoms with E-state index in [0.717, 1.165) is 12.2 Å². The van der Waals surface area contributed by atoms with Gasteiger partial charge in [0.25, 0.3) is 0 Å². The van der Waals surface area contributed by atoms with Crippen molar-refractivity contribution < 1.29 is 9.47 Å². The van der Waals surface area contributed by atoms with Gasteiger partial charge in [0, 0.05) is 12.8 Å². The highest BCUT2D eigenvalue weighted by atomic mass is 32.7. The maximum absolute atomic E-state index is 5.21. The summed E-state index contributed by atoms with van der Waals surface area (Å²) in [6.45, 7) is 2.21. The molecule has 0 saturated heterocycles. The van der Waals surface area contributed by atoms with Crippen molar-refractivity contribution >= 4 is 44.7 Å². The summed E-state index contributed by atoms with van der Waals surface area (Å²) >= 11 is 8.63. The third-order valence-electron chi connectivity index (χ3n) is 3.30. The lowest BCUT2D eigenvalue weighted by Crippen LogP contribution is -2.16. The second-order valence-electron chi connectivity index (χ2n) is 4.72. The minimum Gasteiger partial charge on any atom is -0.497 e. The molecule has 0 aliphatic heterocycles. The molecule has 1 aromatic carbocycles. The van der Waals surface area contributed by atoms with Crippen LogP contribution in [0.3, 0.4) is 0 Å². The Morgan fingerprint density at radius 3 is 2.19 bits per heavy atom. The van der Waals surface area contributed by atoms with Gasteiger partial charge in [-0.15, -0.1) is 12.2 Å². The van der Waals surface area contributed by atoms with Crippen molar-refractivity contribution in [3.05, 3.63) is 36.4 Å². The minimum absolute atomic E-state index is 0.0906. The molecular weight excluding hydrogens is 338 g/mol. The van der Waals surface area contributed by atoms with Crippen LogP contribution in [0.15, 0.2) is 36.4 Å². The second-order valence-corrected chi connectivity index (χ2v) is 9.89. The first-order valence-electron chi connectivity index (χ1n) is 6.77. The molecule has 0 heterocycles. The van der Waals surface area contributed by atoms with Crippen LogP contribution in [0.25, 0.3) is 0 Å². The van der Waals surface area contributed by atoms with Crippen LogP contribution in [0.2, 0.25) is 0 Å². The van der Waals surface area contributed by atoms with E-state index in [-0.39, 0.29) is 7.12 Å². The summed E-state index contributed by atoms with van der Waals surface area (Å²) in [6.07, 6.45) is 7.18. The molecule has 0 radical (unpaired) electrons. The summed E-state index contributed by atoms with van der Waals surface area (Å²) in [5, 5.41) is 1.24. The van der Waals surface area contributed by atoms with Gasteiger partial charge < -0.3 is 9.47 Å². The highest BCUT2D eigenvalue weighted by Crippen LogP contribution is 2.46. The molecule has 2 rings (SSSR count). The molecule has 3 unspecified atom stereocenters. The van der Waals surface area contributed by atoms with E-state index in [4.69, 9.17) is 9.47 Å². The number of thiol groups is 2. The van der Waals surface area contributed by atoms with Gasteiger partial charge in [0.05, 0.1) is 13.2 Å². The van der Waals surface area contributed by atoms with Crippen LogP contribution < -0.4 is 10.0 Å². The molecule has 118 valence electrons. The third kappa shape index (κ3) is 7.39. The van der Waals surface area contributed by atoms with Gasteiger partial charge in [-0.1, -0.05) is 24.3 Å². The largest absolute Gasteiger partial charge is 0.497 e. The Morgan fingerprint density at radius 2 is 1.81 bits per heavy atom. The lowest BCUT2D eigenvalue weighted by Gasteiger charge is -2.23. The number of allylic oxidation sites excluding steroid dienone is 1. The Kier molecular flexibility index (Phi) is 10.0. The molecule has 0 fully saturated rings. The maximum Gasteiger partial charge on any atom is 0.118 e. The third-order valence-corrected chi connectivity index (χ3v) is 6.94. The van der Waals surface area contributed by atoms with Crippen LogP contribution in [0.5, 0.6) is 5.75 Å². The number of rotatable bonds is 4. The normalized spacial score (nSPS) is 22.7. The summed E-state index contributed by atoms with van der Waals surface area (Å²) in [5.41, 5.74) is 0.708. The molecule has 21 heavy (non-hydrogen) atoms. The molecule has 4 atom stereocenters. The van der Waals surface area contributed by atoms with E-state index >= 15 is 0 Å². The topological polar surface area (TPSA) is 18.5 Å². The summed E-state index contributed by atoms with van der Waals surface area (Å²) < 4.78 is 10.2. The molecule has 0 aromatic heterocycles.